The van der Waals surface area contributed by atoms with Gasteiger partial charge in [-0.05, 0) is 49.8 Å². The minimum absolute atomic E-state index is 0.0567. The third-order valence-electron chi connectivity index (χ3n) is 7.77. The summed E-state index contributed by atoms with van der Waals surface area (Å²) >= 11 is 0. The summed E-state index contributed by atoms with van der Waals surface area (Å²) in [6.07, 6.45) is 8.74. The van der Waals surface area contributed by atoms with Crippen molar-refractivity contribution in [1.29, 1.82) is 0 Å². The fourth-order valence-electron chi connectivity index (χ4n) is 5.52. The van der Waals surface area contributed by atoms with Gasteiger partial charge in [-0.25, -0.2) is 4.39 Å². The first kappa shape index (κ1) is 31.3. The van der Waals surface area contributed by atoms with Crippen molar-refractivity contribution in [1.82, 2.24) is 10.6 Å². The number of carbonyl (C=O) groups is 3. The topological polar surface area (TPSA) is 116 Å². The van der Waals surface area contributed by atoms with Gasteiger partial charge in [-0.15, -0.1) is 0 Å². The fraction of sp³-hybridized carbons (Fsp3) is 0.531. The average Bonchev–Trinajstić information content (AvgIpc) is 2.92. The number of rotatable bonds is 15. The molecule has 0 aromatic heterocycles. The number of aliphatic hydroxyl groups excluding tert-OH is 1. The van der Waals surface area contributed by atoms with E-state index in [4.69, 9.17) is 0 Å². The van der Waals surface area contributed by atoms with E-state index in [2.05, 4.69) is 10.6 Å². The Balaban J connectivity index is 1.72. The van der Waals surface area contributed by atoms with Gasteiger partial charge < -0.3 is 25.6 Å². The molecule has 0 aliphatic heterocycles. The van der Waals surface area contributed by atoms with Gasteiger partial charge in [-0.1, -0.05) is 75.3 Å². The number of Topliss-reactive ketones (excluding diaryl/α,β-unsaturated/α-hetero) is 1. The molecule has 0 radical (unpaired) electrons. The number of hydrogen-bond donors (Lipinski definition) is 4. The van der Waals surface area contributed by atoms with Crippen LogP contribution in [0.15, 0.2) is 48.5 Å². The van der Waals surface area contributed by atoms with Crippen LogP contribution in [-0.2, 0) is 16.0 Å². The van der Waals surface area contributed by atoms with Crippen LogP contribution in [0.2, 0.25) is 0 Å². The first-order valence-electron chi connectivity index (χ1n) is 14.5. The molecule has 0 bridgehead atoms. The number of amides is 2. The molecule has 0 saturated heterocycles. The number of ketones is 1. The summed E-state index contributed by atoms with van der Waals surface area (Å²) in [7, 11) is 0. The number of phenols is 1. The molecular formula is C32H43FN2O5. The Hall–Kier alpha value is -3.26. The zero-order valence-electron chi connectivity index (χ0n) is 23.4. The van der Waals surface area contributed by atoms with E-state index in [-0.39, 0.29) is 42.6 Å². The second-order valence-electron chi connectivity index (χ2n) is 11.1. The van der Waals surface area contributed by atoms with Crippen LogP contribution in [0.4, 0.5) is 4.39 Å². The molecule has 8 heteroatoms. The number of halogens is 1. The summed E-state index contributed by atoms with van der Waals surface area (Å²) in [5, 5.41) is 27.3. The van der Waals surface area contributed by atoms with E-state index in [0.29, 0.717) is 18.8 Å². The Morgan fingerprint density at radius 3 is 2.40 bits per heavy atom. The monoisotopic (exact) mass is 554 g/mol. The number of phenolic OH excluding ortho intramolecular Hbond substituents is 1. The zero-order valence-corrected chi connectivity index (χ0v) is 23.4. The van der Waals surface area contributed by atoms with Crippen molar-refractivity contribution in [3.63, 3.8) is 0 Å². The molecule has 2 aromatic rings. The molecule has 3 rings (SSSR count). The molecule has 0 unspecified atom stereocenters. The quantitative estimate of drug-likeness (QED) is 0.241. The summed E-state index contributed by atoms with van der Waals surface area (Å²) in [5.74, 6) is -1.36. The Bertz CT molecular complexity index is 1100. The zero-order chi connectivity index (χ0) is 28.9. The lowest BCUT2D eigenvalue weighted by molar-refractivity contribution is -0.125. The predicted molar refractivity (Wildman–Crippen MR) is 152 cm³/mol. The number of aromatic hydroxyl groups is 1. The van der Waals surface area contributed by atoms with Crippen molar-refractivity contribution >= 4 is 17.6 Å². The molecule has 0 heterocycles. The van der Waals surface area contributed by atoms with Crippen LogP contribution in [0.3, 0.4) is 0 Å². The molecular weight excluding hydrogens is 511 g/mol. The van der Waals surface area contributed by atoms with Gasteiger partial charge in [0.2, 0.25) is 5.91 Å². The van der Waals surface area contributed by atoms with Crippen LogP contribution >= 0.6 is 0 Å². The van der Waals surface area contributed by atoms with E-state index >= 15 is 0 Å². The molecule has 4 N–H and O–H groups in total. The van der Waals surface area contributed by atoms with E-state index in [0.717, 1.165) is 30.5 Å². The Morgan fingerprint density at radius 2 is 1.73 bits per heavy atom. The van der Waals surface area contributed by atoms with Crippen molar-refractivity contribution < 1.29 is 29.0 Å². The number of nitrogens with one attached hydrogen (secondary N) is 2. The molecule has 2 amide bonds. The highest BCUT2D eigenvalue weighted by Crippen LogP contribution is 2.28. The first-order chi connectivity index (χ1) is 19.2. The summed E-state index contributed by atoms with van der Waals surface area (Å²) < 4.78 is 13.5. The normalized spacial score (nSPS) is 16.1. The number of benzene rings is 2. The van der Waals surface area contributed by atoms with Gasteiger partial charge in [0.25, 0.3) is 5.91 Å². The van der Waals surface area contributed by atoms with Crippen molar-refractivity contribution in [3.8, 4) is 5.75 Å². The van der Waals surface area contributed by atoms with E-state index in [1.165, 1.54) is 45.1 Å². The maximum atomic E-state index is 13.5. The van der Waals surface area contributed by atoms with Crippen LogP contribution < -0.4 is 10.6 Å². The second kappa shape index (κ2) is 16.1. The van der Waals surface area contributed by atoms with E-state index in [1.807, 2.05) is 30.3 Å². The van der Waals surface area contributed by atoms with Crippen LogP contribution in [0.25, 0.3) is 0 Å². The van der Waals surface area contributed by atoms with E-state index < -0.39 is 29.6 Å². The summed E-state index contributed by atoms with van der Waals surface area (Å²) in [5.41, 5.74) is 0.808. The maximum absolute atomic E-state index is 13.5. The molecule has 3 atom stereocenters. The third kappa shape index (κ3) is 10.7. The molecule has 2 aromatic carbocycles. The molecule has 7 nitrogen and oxygen atoms in total. The average molecular weight is 555 g/mol. The molecule has 218 valence electrons. The van der Waals surface area contributed by atoms with E-state index in [1.54, 1.807) is 0 Å². The summed E-state index contributed by atoms with van der Waals surface area (Å²) in [4.78, 5) is 37.0. The lowest BCUT2D eigenvalue weighted by Crippen LogP contribution is -2.48. The second-order valence-corrected chi connectivity index (χ2v) is 11.1. The van der Waals surface area contributed by atoms with Gasteiger partial charge in [0.05, 0.1) is 17.7 Å². The van der Waals surface area contributed by atoms with Crippen molar-refractivity contribution in [2.24, 2.45) is 5.92 Å². The van der Waals surface area contributed by atoms with Crippen molar-refractivity contribution in [2.75, 3.05) is 0 Å². The molecule has 40 heavy (non-hydrogen) atoms. The van der Waals surface area contributed by atoms with Crippen LogP contribution in [-0.4, -0.2) is 46.0 Å². The maximum Gasteiger partial charge on any atom is 0.255 e. The third-order valence-corrected chi connectivity index (χ3v) is 7.77. The highest BCUT2D eigenvalue weighted by atomic mass is 19.1. The van der Waals surface area contributed by atoms with Gasteiger partial charge >= 0.3 is 0 Å². The van der Waals surface area contributed by atoms with Crippen LogP contribution in [0.5, 0.6) is 5.75 Å². The Kier molecular flexibility index (Phi) is 12.6. The first-order valence-corrected chi connectivity index (χ1v) is 14.5. The lowest BCUT2D eigenvalue weighted by Gasteiger charge is -2.29. The van der Waals surface area contributed by atoms with Gasteiger partial charge in [-0.2, -0.15) is 0 Å². The summed E-state index contributed by atoms with van der Waals surface area (Å²) in [6.45, 7) is 1.45. The van der Waals surface area contributed by atoms with Gasteiger partial charge in [0.1, 0.15) is 17.3 Å². The van der Waals surface area contributed by atoms with Crippen molar-refractivity contribution in [3.05, 3.63) is 65.5 Å². The summed E-state index contributed by atoms with van der Waals surface area (Å²) in [6, 6.07) is 11.5. The minimum atomic E-state index is -1.01. The smallest absolute Gasteiger partial charge is 0.255 e. The molecule has 1 aliphatic rings. The molecule has 0 spiro atoms. The van der Waals surface area contributed by atoms with Crippen molar-refractivity contribution in [2.45, 2.75) is 102 Å². The van der Waals surface area contributed by atoms with E-state index in [9.17, 15) is 29.0 Å². The van der Waals surface area contributed by atoms with Crippen LogP contribution in [0, 0.1) is 11.7 Å². The fourth-order valence-corrected chi connectivity index (χ4v) is 5.52. The largest absolute Gasteiger partial charge is 0.507 e. The number of hydrogen-bond acceptors (Lipinski definition) is 5. The molecule has 1 saturated carbocycles. The molecule has 1 fully saturated rings. The number of aliphatic hydroxyl groups is 1. The lowest BCUT2D eigenvalue weighted by atomic mass is 9.85. The SMILES string of the molecule is CC(=O)CCC(=O)N[C@@H](CCCC1CCCCC1)C[C@H](O)[C@H](Cc1ccccc1)NC(=O)c1ccc(F)cc1O. The van der Waals surface area contributed by atoms with Gasteiger partial charge in [0, 0.05) is 24.9 Å². The highest BCUT2D eigenvalue weighted by Gasteiger charge is 2.27. The number of carbonyl (C=O) groups excluding carboxylic acids is 3. The predicted octanol–water partition coefficient (Wildman–Crippen LogP) is 5.23. The molecule has 1 aliphatic carbocycles. The van der Waals surface area contributed by atoms with Gasteiger partial charge in [-0.3, -0.25) is 9.59 Å². The minimum Gasteiger partial charge on any atom is -0.507 e. The van der Waals surface area contributed by atoms with Crippen LogP contribution in [0.1, 0.15) is 93.5 Å². The Labute approximate surface area is 236 Å². The van der Waals surface area contributed by atoms with Gasteiger partial charge in [0.15, 0.2) is 0 Å². The Morgan fingerprint density at radius 1 is 1.00 bits per heavy atom. The standard InChI is InChI=1S/C32H43FN2O5/c1-22(36)15-18-31(39)34-26(14-8-13-23-9-4-2-5-10-23)21-30(38)28(19-24-11-6-3-7-12-24)35-32(40)27-17-16-25(33)20-29(27)37/h3,6-7,11-12,16-17,20,23,26,28,30,37-38H,2,4-5,8-10,13-15,18-19,21H2,1H3,(H,34,39)(H,35,40)/t26-,28-,30-/m0/s1. The highest BCUT2D eigenvalue weighted by molar-refractivity contribution is 5.97.